The molecular formula is C18H17F3N6O2S. The molecule has 0 fully saturated rings. The van der Waals surface area contributed by atoms with Crippen LogP contribution in [0.15, 0.2) is 65.8 Å². The Balaban J connectivity index is 1.51. The number of pyridine rings is 1. The summed E-state index contributed by atoms with van der Waals surface area (Å²) in [6.07, 6.45) is -1.35. The summed E-state index contributed by atoms with van der Waals surface area (Å²) in [5, 5.41) is 13.8. The summed E-state index contributed by atoms with van der Waals surface area (Å²) >= 11 is 0. The van der Waals surface area contributed by atoms with E-state index in [1.165, 1.54) is 0 Å². The number of anilines is 3. The Kier molecular flexibility index (Phi) is 6.47. The molecule has 0 aliphatic heterocycles. The number of hydrogen-bond acceptors (Lipinski definition) is 7. The average molecular weight is 438 g/mol. The second-order valence-corrected chi connectivity index (χ2v) is 7.79. The summed E-state index contributed by atoms with van der Waals surface area (Å²) in [6.45, 7) is 0.0954. The van der Waals surface area contributed by atoms with Gasteiger partial charge >= 0.3 is 6.18 Å². The Morgan fingerprint density at radius 1 is 0.933 bits per heavy atom. The van der Waals surface area contributed by atoms with Crippen LogP contribution in [-0.4, -0.2) is 36.7 Å². The fraction of sp³-hybridized carbons (Fsp3) is 0.167. The first-order valence-corrected chi connectivity index (χ1v) is 10.1. The molecule has 3 aromatic rings. The zero-order valence-corrected chi connectivity index (χ0v) is 16.2. The summed E-state index contributed by atoms with van der Waals surface area (Å²) < 4.78 is 64.9. The van der Waals surface area contributed by atoms with Gasteiger partial charge in [0, 0.05) is 19.3 Å². The standard InChI is InChI=1S/C18H17F3N6O2S/c19-18(20,21)13-3-1-5-15(11-13)30(28,29)24-10-9-23-16-6-7-17(27-26-16)25-14-4-2-8-22-12-14/h1-8,11-12,24H,9-10H2,(H,23,26)(H,25,27). The molecule has 0 bridgehead atoms. The van der Waals surface area contributed by atoms with E-state index in [0.717, 1.165) is 23.9 Å². The Bertz CT molecular complexity index is 1080. The number of nitrogens with zero attached hydrogens (tertiary/aromatic N) is 3. The second-order valence-electron chi connectivity index (χ2n) is 6.02. The molecule has 0 amide bonds. The molecule has 0 spiro atoms. The van der Waals surface area contributed by atoms with Gasteiger partial charge in [-0.25, -0.2) is 13.1 Å². The summed E-state index contributed by atoms with van der Waals surface area (Å²) in [6, 6.07) is 10.5. The summed E-state index contributed by atoms with van der Waals surface area (Å²) in [4.78, 5) is 3.52. The first-order valence-electron chi connectivity index (χ1n) is 8.66. The van der Waals surface area contributed by atoms with Crippen molar-refractivity contribution in [3.8, 4) is 0 Å². The van der Waals surface area contributed by atoms with Crippen LogP contribution in [0.3, 0.4) is 0 Å². The maximum atomic E-state index is 12.8. The zero-order valence-electron chi connectivity index (χ0n) is 15.4. The van der Waals surface area contributed by atoms with Gasteiger partial charge in [0.1, 0.15) is 5.82 Å². The molecule has 0 aliphatic carbocycles. The van der Waals surface area contributed by atoms with E-state index in [9.17, 15) is 21.6 Å². The van der Waals surface area contributed by atoms with Gasteiger partial charge in [0.25, 0.3) is 0 Å². The van der Waals surface area contributed by atoms with Gasteiger partial charge in [0.2, 0.25) is 10.0 Å². The predicted molar refractivity (Wildman–Crippen MR) is 105 cm³/mol. The zero-order chi connectivity index (χ0) is 21.6. The summed E-state index contributed by atoms with van der Waals surface area (Å²) in [7, 11) is -4.08. The number of nitrogens with one attached hydrogen (secondary N) is 3. The van der Waals surface area contributed by atoms with E-state index >= 15 is 0 Å². The highest BCUT2D eigenvalue weighted by Crippen LogP contribution is 2.30. The lowest BCUT2D eigenvalue weighted by atomic mass is 10.2. The molecule has 0 saturated heterocycles. The number of sulfonamides is 1. The van der Waals surface area contributed by atoms with Crippen LogP contribution in [0.2, 0.25) is 0 Å². The molecule has 0 unspecified atom stereocenters. The number of rotatable bonds is 8. The molecule has 0 atom stereocenters. The molecule has 2 aromatic heterocycles. The third-order valence-corrected chi connectivity index (χ3v) is 5.25. The highest BCUT2D eigenvalue weighted by atomic mass is 32.2. The SMILES string of the molecule is O=S(=O)(NCCNc1ccc(Nc2cccnc2)nn1)c1cccc(C(F)(F)F)c1. The lowest BCUT2D eigenvalue weighted by molar-refractivity contribution is -0.137. The monoisotopic (exact) mass is 438 g/mol. The number of aromatic nitrogens is 3. The van der Waals surface area contributed by atoms with Gasteiger partial charge in [0.05, 0.1) is 22.3 Å². The number of halogens is 3. The predicted octanol–water partition coefficient (Wildman–Crippen LogP) is 3.02. The van der Waals surface area contributed by atoms with Crippen LogP contribution < -0.4 is 15.4 Å². The van der Waals surface area contributed by atoms with Crippen molar-refractivity contribution in [1.29, 1.82) is 0 Å². The lowest BCUT2D eigenvalue weighted by Crippen LogP contribution is -2.29. The van der Waals surface area contributed by atoms with Crippen molar-refractivity contribution in [3.05, 3.63) is 66.5 Å². The quantitative estimate of drug-likeness (QED) is 0.464. The van der Waals surface area contributed by atoms with Crippen molar-refractivity contribution in [2.45, 2.75) is 11.1 Å². The third-order valence-electron chi connectivity index (χ3n) is 3.79. The number of benzene rings is 1. The molecule has 3 N–H and O–H groups in total. The maximum absolute atomic E-state index is 12.8. The van der Waals surface area contributed by atoms with E-state index in [2.05, 4.69) is 30.5 Å². The first kappa shape index (κ1) is 21.5. The van der Waals surface area contributed by atoms with E-state index in [0.29, 0.717) is 17.7 Å². The Morgan fingerprint density at radius 3 is 2.37 bits per heavy atom. The van der Waals surface area contributed by atoms with E-state index in [4.69, 9.17) is 0 Å². The largest absolute Gasteiger partial charge is 0.416 e. The van der Waals surface area contributed by atoms with Gasteiger partial charge in [-0.3, -0.25) is 4.98 Å². The van der Waals surface area contributed by atoms with E-state index in [1.54, 1.807) is 30.6 Å². The van der Waals surface area contributed by atoms with E-state index < -0.39 is 26.7 Å². The summed E-state index contributed by atoms with van der Waals surface area (Å²) in [5.41, 5.74) is -0.282. The average Bonchev–Trinajstić information content (AvgIpc) is 2.73. The van der Waals surface area contributed by atoms with Crippen LogP contribution in [0.1, 0.15) is 5.56 Å². The molecule has 12 heteroatoms. The Hall–Kier alpha value is -3.25. The van der Waals surface area contributed by atoms with Gasteiger partial charge in [-0.2, -0.15) is 13.2 Å². The van der Waals surface area contributed by atoms with Crippen LogP contribution in [0, 0.1) is 0 Å². The van der Waals surface area contributed by atoms with Gasteiger partial charge in [0.15, 0.2) is 5.82 Å². The van der Waals surface area contributed by atoms with Crippen molar-refractivity contribution in [2.75, 3.05) is 23.7 Å². The molecule has 0 radical (unpaired) electrons. The highest BCUT2D eigenvalue weighted by Gasteiger charge is 2.31. The number of alkyl halides is 3. The van der Waals surface area contributed by atoms with Crippen LogP contribution in [0.4, 0.5) is 30.5 Å². The van der Waals surface area contributed by atoms with Crippen molar-refractivity contribution >= 4 is 27.3 Å². The second kappa shape index (κ2) is 9.05. The molecule has 1 aromatic carbocycles. The fourth-order valence-corrected chi connectivity index (χ4v) is 3.45. The molecule has 30 heavy (non-hydrogen) atoms. The van der Waals surface area contributed by atoms with Gasteiger partial charge in [-0.15, -0.1) is 10.2 Å². The van der Waals surface area contributed by atoms with Crippen LogP contribution in [0.5, 0.6) is 0 Å². The normalized spacial score (nSPS) is 11.8. The first-order chi connectivity index (χ1) is 14.2. The van der Waals surface area contributed by atoms with Gasteiger partial charge in [-0.1, -0.05) is 6.07 Å². The van der Waals surface area contributed by atoms with Crippen LogP contribution in [-0.2, 0) is 16.2 Å². The summed E-state index contributed by atoms with van der Waals surface area (Å²) in [5.74, 6) is 0.906. The maximum Gasteiger partial charge on any atom is 0.416 e. The Labute approximate surface area is 170 Å². The minimum absolute atomic E-state index is 0.0596. The minimum Gasteiger partial charge on any atom is -0.367 e. The van der Waals surface area contributed by atoms with Crippen LogP contribution in [0.25, 0.3) is 0 Å². The molecule has 0 saturated carbocycles. The smallest absolute Gasteiger partial charge is 0.367 e. The van der Waals surface area contributed by atoms with Crippen molar-refractivity contribution in [2.24, 2.45) is 0 Å². The van der Waals surface area contributed by atoms with Crippen molar-refractivity contribution in [3.63, 3.8) is 0 Å². The van der Waals surface area contributed by atoms with Gasteiger partial charge in [-0.05, 0) is 42.5 Å². The van der Waals surface area contributed by atoms with Gasteiger partial charge < -0.3 is 10.6 Å². The van der Waals surface area contributed by atoms with Crippen molar-refractivity contribution in [1.82, 2.24) is 19.9 Å². The van der Waals surface area contributed by atoms with E-state index in [-0.39, 0.29) is 13.1 Å². The topological polar surface area (TPSA) is 109 Å². The highest BCUT2D eigenvalue weighted by molar-refractivity contribution is 7.89. The molecular weight excluding hydrogens is 421 g/mol. The molecule has 2 heterocycles. The third kappa shape index (κ3) is 5.87. The van der Waals surface area contributed by atoms with E-state index in [1.807, 2.05) is 6.07 Å². The lowest BCUT2D eigenvalue weighted by Gasteiger charge is -2.11. The Morgan fingerprint density at radius 2 is 1.70 bits per heavy atom. The number of hydrogen-bond donors (Lipinski definition) is 3. The molecule has 8 nitrogen and oxygen atoms in total. The van der Waals surface area contributed by atoms with Crippen LogP contribution >= 0.6 is 0 Å². The molecule has 158 valence electrons. The molecule has 3 rings (SSSR count). The fourth-order valence-electron chi connectivity index (χ4n) is 2.38. The molecule has 0 aliphatic rings. The van der Waals surface area contributed by atoms with Crippen molar-refractivity contribution < 1.29 is 21.6 Å². The minimum atomic E-state index is -4.62.